The van der Waals surface area contributed by atoms with Gasteiger partial charge in [0, 0.05) is 31.0 Å². The van der Waals surface area contributed by atoms with E-state index in [-0.39, 0.29) is 5.56 Å². The molecule has 5 nitrogen and oxygen atoms in total. The van der Waals surface area contributed by atoms with E-state index >= 15 is 0 Å². The maximum atomic E-state index is 12.9. The second-order valence-electron chi connectivity index (χ2n) is 7.34. The predicted molar refractivity (Wildman–Crippen MR) is 122 cm³/mol. The van der Waals surface area contributed by atoms with E-state index in [0.717, 1.165) is 29.1 Å². The summed E-state index contributed by atoms with van der Waals surface area (Å²) >= 11 is 0. The fourth-order valence-corrected chi connectivity index (χ4v) is 4.08. The molecule has 3 aromatic rings. The molecule has 0 N–H and O–H groups in total. The van der Waals surface area contributed by atoms with Gasteiger partial charge in [-0.05, 0) is 43.2 Å². The summed E-state index contributed by atoms with van der Waals surface area (Å²) in [7, 11) is 0.553. The van der Waals surface area contributed by atoms with Gasteiger partial charge in [-0.1, -0.05) is 27.7 Å². The Morgan fingerprint density at radius 3 is 2.52 bits per heavy atom. The van der Waals surface area contributed by atoms with Gasteiger partial charge in [-0.15, -0.1) is 0 Å². The molecule has 0 fully saturated rings. The maximum Gasteiger partial charge on any atom is 0.260 e. The molecule has 0 aliphatic carbocycles. The summed E-state index contributed by atoms with van der Waals surface area (Å²) in [6, 6.07) is 5.58. The molecule has 6 heteroatoms. The number of hydrogen-bond acceptors (Lipinski definition) is 4. The predicted octanol–water partition coefficient (Wildman–Crippen LogP) is 4.97. The first kappa shape index (κ1) is 23.1. The molecule has 0 aliphatic heterocycles. The molecule has 0 radical (unpaired) electrons. The van der Waals surface area contributed by atoms with Gasteiger partial charge in [-0.2, -0.15) is 0 Å². The van der Waals surface area contributed by atoms with Crippen molar-refractivity contribution >= 4 is 32.5 Å². The van der Waals surface area contributed by atoms with Crippen molar-refractivity contribution in [3.05, 3.63) is 40.4 Å². The third-order valence-electron chi connectivity index (χ3n) is 4.87. The lowest BCUT2D eigenvalue weighted by Gasteiger charge is -2.15. The van der Waals surface area contributed by atoms with Gasteiger partial charge in [0.25, 0.3) is 5.56 Å². The zero-order valence-electron chi connectivity index (χ0n) is 18.5. The number of nitrogens with zero attached hydrogens (tertiary/aromatic N) is 2. The molecular formula is C23H32N2O3S. The zero-order chi connectivity index (χ0) is 21.7. The molecule has 0 saturated carbocycles. The minimum atomic E-state index is -1.20. The highest BCUT2D eigenvalue weighted by atomic mass is 32.2. The van der Waals surface area contributed by atoms with Crippen molar-refractivity contribution in [2.45, 2.75) is 52.4 Å². The van der Waals surface area contributed by atoms with Gasteiger partial charge in [-0.25, -0.2) is 0 Å². The number of pyridine rings is 2. The Hall–Kier alpha value is -2.21. The topological polar surface area (TPSA) is 61.2 Å². The van der Waals surface area contributed by atoms with Crippen molar-refractivity contribution in [1.29, 1.82) is 0 Å². The second-order valence-corrected chi connectivity index (χ2v) is 8.69. The van der Waals surface area contributed by atoms with E-state index in [1.807, 2.05) is 39.0 Å². The Morgan fingerprint density at radius 2 is 1.90 bits per heavy atom. The van der Waals surface area contributed by atoms with Crippen LogP contribution >= 0.6 is 0 Å². The van der Waals surface area contributed by atoms with Crippen molar-refractivity contribution in [3.8, 4) is 5.75 Å². The van der Waals surface area contributed by atoms with Gasteiger partial charge in [0.1, 0.15) is 5.75 Å². The maximum absolute atomic E-state index is 12.9. The highest BCUT2D eigenvalue weighted by molar-refractivity contribution is 7.84. The molecule has 0 saturated heterocycles. The first-order chi connectivity index (χ1) is 13.8. The Labute approximate surface area is 175 Å². The van der Waals surface area contributed by atoms with Crippen molar-refractivity contribution in [3.63, 3.8) is 0 Å². The fraction of sp³-hybridized carbons (Fsp3) is 0.478. The summed E-state index contributed by atoms with van der Waals surface area (Å²) in [6.45, 7) is 10.8. The Kier molecular flexibility index (Phi) is 7.96. The normalized spacial score (nSPS) is 12.1. The van der Waals surface area contributed by atoms with Crippen LogP contribution in [0.15, 0.2) is 34.1 Å². The Bertz CT molecular complexity index is 1090. The van der Waals surface area contributed by atoms with Crippen LogP contribution in [0, 0.1) is 12.8 Å². The van der Waals surface area contributed by atoms with Crippen molar-refractivity contribution < 1.29 is 8.95 Å². The molecule has 1 aromatic carbocycles. The van der Waals surface area contributed by atoms with E-state index in [0.29, 0.717) is 34.2 Å². The highest BCUT2D eigenvalue weighted by Gasteiger charge is 2.16. The van der Waals surface area contributed by atoms with Crippen LogP contribution < -0.4 is 10.3 Å². The molecule has 2 heterocycles. The van der Waals surface area contributed by atoms with Crippen LogP contribution in [0.3, 0.4) is 0 Å². The van der Waals surface area contributed by atoms with Crippen molar-refractivity contribution in [2.75, 3.05) is 12.9 Å². The van der Waals surface area contributed by atoms with Gasteiger partial charge in [0.15, 0.2) is 0 Å². The summed E-state index contributed by atoms with van der Waals surface area (Å²) in [5, 5.41) is 2.32. The molecule has 3 rings (SSSR count). The summed E-state index contributed by atoms with van der Waals surface area (Å²) in [5.41, 5.74) is 1.38. The molecule has 2 aromatic heterocycles. The lowest BCUT2D eigenvalue weighted by Crippen LogP contribution is -2.19. The monoisotopic (exact) mass is 416 g/mol. The summed E-state index contributed by atoms with van der Waals surface area (Å²) in [4.78, 5) is 17.8. The van der Waals surface area contributed by atoms with Crippen LogP contribution in [-0.2, 0) is 17.8 Å². The van der Waals surface area contributed by atoms with Crippen molar-refractivity contribution in [1.82, 2.24) is 9.55 Å². The SMILES string of the molecule is CC.Cc1nccc2c1c(=O)n(C)c1cc(OCCCC(C)C)c(S(C)=O)cc21. The van der Waals surface area contributed by atoms with Gasteiger partial charge < -0.3 is 9.30 Å². The minimum absolute atomic E-state index is 0.0840. The van der Waals surface area contributed by atoms with Crippen LogP contribution in [0.25, 0.3) is 21.7 Å². The van der Waals surface area contributed by atoms with Crippen LogP contribution in [0.5, 0.6) is 5.75 Å². The third-order valence-corrected chi connectivity index (χ3v) is 5.80. The smallest absolute Gasteiger partial charge is 0.260 e. The lowest BCUT2D eigenvalue weighted by molar-refractivity contribution is 0.291. The third kappa shape index (κ3) is 4.86. The largest absolute Gasteiger partial charge is 0.492 e. The standard InChI is InChI=1S/C21H26N2O3S.C2H6/c1-13(2)7-6-10-26-18-12-17-16(11-19(18)27(5)25)15-8-9-22-14(3)20(15)21(24)23(17)4;1-2/h8-9,11-13H,6-7,10H2,1-5H3;1-2H3. The number of fused-ring (bicyclic) bond motifs is 3. The lowest BCUT2D eigenvalue weighted by atomic mass is 10.1. The van der Waals surface area contributed by atoms with Crippen LogP contribution in [-0.4, -0.2) is 26.6 Å². The number of benzene rings is 1. The van der Waals surface area contributed by atoms with E-state index in [1.165, 1.54) is 0 Å². The number of aryl methyl sites for hydroxylation is 2. The van der Waals surface area contributed by atoms with E-state index < -0.39 is 10.8 Å². The van der Waals surface area contributed by atoms with Gasteiger partial charge in [0.05, 0.1) is 38.9 Å². The van der Waals surface area contributed by atoms with Gasteiger partial charge >= 0.3 is 0 Å². The molecule has 0 bridgehead atoms. The van der Waals surface area contributed by atoms with Crippen LogP contribution in [0.1, 0.15) is 46.2 Å². The first-order valence-corrected chi connectivity index (χ1v) is 11.7. The summed E-state index contributed by atoms with van der Waals surface area (Å²) < 4.78 is 19.9. The fourth-order valence-electron chi connectivity index (χ4n) is 3.39. The molecule has 0 spiro atoms. The molecule has 29 heavy (non-hydrogen) atoms. The molecule has 0 aliphatic rings. The highest BCUT2D eigenvalue weighted by Crippen LogP contribution is 2.32. The molecule has 1 unspecified atom stereocenters. The summed E-state index contributed by atoms with van der Waals surface area (Å²) in [6.07, 6.45) is 5.37. The number of aromatic nitrogens is 2. The van der Waals surface area contributed by atoms with E-state index in [2.05, 4.69) is 18.8 Å². The molecule has 158 valence electrons. The van der Waals surface area contributed by atoms with E-state index in [4.69, 9.17) is 4.74 Å². The van der Waals surface area contributed by atoms with Gasteiger partial charge in [-0.3, -0.25) is 14.0 Å². The van der Waals surface area contributed by atoms with Crippen LogP contribution in [0.2, 0.25) is 0 Å². The Balaban J connectivity index is 0.00000145. The average molecular weight is 417 g/mol. The van der Waals surface area contributed by atoms with Crippen LogP contribution in [0.4, 0.5) is 0 Å². The van der Waals surface area contributed by atoms with Gasteiger partial charge in [0.2, 0.25) is 0 Å². The molecule has 1 atom stereocenters. The minimum Gasteiger partial charge on any atom is -0.492 e. The van der Waals surface area contributed by atoms with Crippen molar-refractivity contribution in [2.24, 2.45) is 13.0 Å². The molecular weight excluding hydrogens is 384 g/mol. The zero-order valence-corrected chi connectivity index (χ0v) is 19.4. The quantitative estimate of drug-likeness (QED) is 0.420. The molecule has 0 amide bonds. The number of ether oxygens (including phenoxy) is 1. The average Bonchev–Trinajstić information content (AvgIpc) is 2.70. The van der Waals surface area contributed by atoms with E-state index in [9.17, 15) is 9.00 Å². The Morgan fingerprint density at radius 1 is 1.21 bits per heavy atom. The second kappa shape index (κ2) is 10.0. The summed E-state index contributed by atoms with van der Waals surface area (Å²) in [5.74, 6) is 1.21. The first-order valence-electron chi connectivity index (χ1n) is 10.2. The number of rotatable bonds is 6. The number of hydrogen-bond donors (Lipinski definition) is 0. The van der Waals surface area contributed by atoms with E-state index in [1.54, 1.807) is 24.1 Å².